The summed E-state index contributed by atoms with van der Waals surface area (Å²) in [4.78, 5) is 14.9. The Morgan fingerprint density at radius 1 is 1.50 bits per heavy atom. The molecule has 0 aliphatic heterocycles. The molecule has 0 radical (unpaired) electrons. The van der Waals surface area contributed by atoms with Gasteiger partial charge < -0.3 is 15.1 Å². The second kappa shape index (κ2) is 6.44. The number of rotatable bonds is 6. The molecule has 2 N–H and O–H groups in total. The molecule has 1 aromatic rings. The van der Waals surface area contributed by atoms with E-state index in [1.54, 1.807) is 6.26 Å². The average molecular weight is 278 g/mol. The molecule has 0 bridgehead atoms. The molecule has 1 amide bonds. The molecule has 1 aromatic heterocycles. The van der Waals surface area contributed by atoms with Gasteiger partial charge in [-0.25, -0.2) is 0 Å². The van der Waals surface area contributed by atoms with Crippen molar-refractivity contribution in [1.82, 2.24) is 4.90 Å². The third-order valence-electron chi connectivity index (χ3n) is 4.68. The molecule has 20 heavy (non-hydrogen) atoms. The van der Waals surface area contributed by atoms with Gasteiger partial charge >= 0.3 is 0 Å². The van der Waals surface area contributed by atoms with Crippen LogP contribution in [0.5, 0.6) is 0 Å². The summed E-state index contributed by atoms with van der Waals surface area (Å²) in [6.07, 6.45) is 7.03. The first kappa shape index (κ1) is 15.1. The van der Waals surface area contributed by atoms with Crippen LogP contribution in [0.2, 0.25) is 0 Å². The van der Waals surface area contributed by atoms with Crippen LogP contribution >= 0.6 is 0 Å². The minimum atomic E-state index is -0.463. The van der Waals surface area contributed by atoms with Crippen molar-refractivity contribution in [2.75, 3.05) is 6.54 Å². The maximum atomic E-state index is 12.9. The third-order valence-corrected chi connectivity index (χ3v) is 4.68. The Hall–Kier alpha value is -1.29. The van der Waals surface area contributed by atoms with Crippen molar-refractivity contribution in [1.29, 1.82) is 0 Å². The summed E-state index contributed by atoms with van der Waals surface area (Å²) < 4.78 is 5.43. The number of nitrogens with two attached hydrogens (primary N) is 1. The molecule has 1 aliphatic rings. The molecule has 4 nitrogen and oxygen atoms in total. The smallest absolute Gasteiger partial charge is 0.230 e. The van der Waals surface area contributed by atoms with Gasteiger partial charge in [0.1, 0.15) is 5.76 Å². The number of carbonyl (C=O) groups excluding carboxylic acids is 1. The molecular formula is C16H26N2O2. The van der Waals surface area contributed by atoms with Crippen LogP contribution in [0.3, 0.4) is 0 Å². The normalized spacial score (nSPS) is 18.9. The number of hydrogen-bond donors (Lipinski definition) is 1. The van der Waals surface area contributed by atoms with Gasteiger partial charge in [-0.15, -0.1) is 0 Å². The van der Waals surface area contributed by atoms with Crippen molar-refractivity contribution >= 4 is 5.91 Å². The number of carbonyl (C=O) groups is 1. The first-order chi connectivity index (χ1) is 9.60. The number of furan rings is 1. The fraction of sp³-hybridized carbons (Fsp3) is 0.688. The zero-order chi connectivity index (χ0) is 14.6. The lowest BCUT2D eigenvalue weighted by Gasteiger charge is -2.36. The minimum Gasteiger partial charge on any atom is -0.467 e. The van der Waals surface area contributed by atoms with Crippen LogP contribution in [0.4, 0.5) is 0 Å². The largest absolute Gasteiger partial charge is 0.467 e. The van der Waals surface area contributed by atoms with E-state index in [4.69, 9.17) is 10.2 Å². The highest BCUT2D eigenvalue weighted by Crippen LogP contribution is 2.31. The van der Waals surface area contributed by atoms with Crippen LogP contribution in [0.15, 0.2) is 22.8 Å². The van der Waals surface area contributed by atoms with Gasteiger partial charge in [0.05, 0.1) is 18.2 Å². The quantitative estimate of drug-likeness (QED) is 0.870. The third kappa shape index (κ3) is 3.06. The molecule has 112 valence electrons. The maximum absolute atomic E-state index is 12.9. The Bertz CT molecular complexity index is 418. The maximum Gasteiger partial charge on any atom is 0.230 e. The molecule has 0 spiro atoms. The van der Waals surface area contributed by atoms with Crippen LogP contribution in [0, 0.1) is 5.41 Å². The lowest BCUT2D eigenvalue weighted by molar-refractivity contribution is -0.144. The molecule has 2 rings (SSSR count). The Morgan fingerprint density at radius 2 is 2.20 bits per heavy atom. The van der Waals surface area contributed by atoms with E-state index in [9.17, 15) is 4.79 Å². The van der Waals surface area contributed by atoms with Crippen LogP contribution < -0.4 is 5.73 Å². The highest BCUT2D eigenvalue weighted by atomic mass is 16.3. The van der Waals surface area contributed by atoms with Crippen molar-refractivity contribution in [2.45, 2.75) is 58.5 Å². The van der Waals surface area contributed by atoms with Crippen molar-refractivity contribution in [3.8, 4) is 0 Å². The predicted octanol–water partition coefficient (Wildman–Crippen LogP) is 2.93. The van der Waals surface area contributed by atoms with E-state index < -0.39 is 5.41 Å². The summed E-state index contributed by atoms with van der Waals surface area (Å²) in [6.45, 7) is 4.96. The van der Waals surface area contributed by atoms with Crippen LogP contribution in [0.25, 0.3) is 0 Å². The summed E-state index contributed by atoms with van der Waals surface area (Å²) in [6, 6.07) is 4.14. The van der Waals surface area contributed by atoms with Crippen molar-refractivity contribution in [2.24, 2.45) is 11.1 Å². The van der Waals surface area contributed by atoms with Crippen molar-refractivity contribution < 1.29 is 9.21 Å². The molecule has 0 aromatic carbocycles. The lowest BCUT2D eigenvalue weighted by Crippen LogP contribution is -2.49. The molecular weight excluding hydrogens is 252 g/mol. The van der Waals surface area contributed by atoms with Gasteiger partial charge in [-0.3, -0.25) is 4.79 Å². The van der Waals surface area contributed by atoms with Gasteiger partial charge in [0, 0.05) is 12.6 Å². The number of hydrogen-bond acceptors (Lipinski definition) is 3. The molecule has 1 atom stereocenters. The molecule has 4 heteroatoms. The van der Waals surface area contributed by atoms with Gasteiger partial charge in [0.25, 0.3) is 0 Å². The number of amides is 1. The van der Waals surface area contributed by atoms with E-state index in [1.165, 1.54) is 12.8 Å². The van der Waals surface area contributed by atoms with Gasteiger partial charge in [-0.2, -0.15) is 0 Å². The van der Waals surface area contributed by atoms with Crippen molar-refractivity contribution in [3.63, 3.8) is 0 Å². The fourth-order valence-corrected chi connectivity index (χ4v) is 2.88. The zero-order valence-electron chi connectivity index (χ0n) is 12.6. The summed E-state index contributed by atoms with van der Waals surface area (Å²) in [5.41, 5.74) is 5.39. The molecule has 1 saturated carbocycles. The van der Waals surface area contributed by atoms with E-state index in [1.807, 2.05) is 30.9 Å². The standard InChI is InChI=1S/C16H26N2O2/c1-3-16(2,12-17)15(19)18(13-7-4-5-8-13)11-14-9-6-10-20-14/h6,9-10,13H,3-5,7-8,11-12,17H2,1-2H3. The lowest BCUT2D eigenvalue weighted by atomic mass is 9.85. The molecule has 1 unspecified atom stereocenters. The fourth-order valence-electron chi connectivity index (χ4n) is 2.88. The molecule has 0 saturated heterocycles. The van der Waals surface area contributed by atoms with Crippen LogP contribution in [-0.2, 0) is 11.3 Å². The second-order valence-electron chi connectivity index (χ2n) is 6.07. The first-order valence-electron chi connectivity index (χ1n) is 7.64. The van der Waals surface area contributed by atoms with E-state index in [2.05, 4.69) is 0 Å². The van der Waals surface area contributed by atoms with Crippen LogP contribution in [0.1, 0.15) is 51.7 Å². The molecule has 1 fully saturated rings. The Labute approximate surface area is 121 Å². The summed E-state index contributed by atoms with van der Waals surface area (Å²) in [5, 5.41) is 0. The topological polar surface area (TPSA) is 59.5 Å². The summed E-state index contributed by atoms with van der Waals surface area (Å²) >= 11 is 0. The van der Waals surface area contributed by atoms with Gasteiger partial charge in [-0.05, 0) is 38.3 Å². The van der Waals surface area contributed by atoms with E-state index in [0.717, 1.165) is 25.0 Å². The van der Waals surface area contributed by atoms with Gasteiger partial charge in [-0.1, -0.05) is 19.8 Å². The Morgan fingerprint density at radius 3 is 2.70 bits per heavy atom. The Balaban J connectivity index is 2.19. The van der Waals surface area contributed by atoms with Crippen molar-refractivity contribution in [3.05, 3.63) is 24.2 Å². The summed E-state index contributed by atoms with van der Waals surface area (Å²) in [7, 11) is 0. The first-order valence-corrected chi connectivity index (χ1v) is 7.64. The monoisotopic (exact) mass is 278 g/mol. The Kier molecular flexibility index (Phi) is 4.86. The predicted molar refractivity (Wildman–Crippen MR) is 79.0 cm³/mol. The van der Waals surface area contributed by atoms with Gasteiger partial charge in [0.15, 0.2) is 0 Å². The van der Waals surface area contributed by atoms with E-state index >= 15 is 0 Å². The average Bonchev–Trinajstić information content (AvgIpc) is 3.15. The minimum absolute atomic E-state index is 0.172. The highest BCUT2D eigenvalue weighted by molar-refractivity contribution is 5.82. The SMILES string of the molecule is CCC(C)(CN)C(=O)N(Cc1ccco1)C1CCCC1. The molecule has 1 heterocycles. The van der Waals surface area contributed by atoms with E-state index in [0.29, 0.717) is 19.1 Å². The number of nitrogens with zero attached hydrogens (tertiary/aromatic N) is 1. The second-order valence-corrected chi connectivity index (χ2v) is 6.07. The van der Waals surface area contributed by atoms with E-state index in [-0.39, 0.29) is 5.91 Å². The summed E-state index contributed by atoms with van der Waals surface area (Å²) in [5.74, 6) is 1.02. The van der Waals surface area contributed by atoms with Crippen LogP contribution in [-0.4, -0.2) is 23.4 Å². The molecule has 1 aliphatic carbocycles. The zero-order valence-corrected chi connectivity index (χ0v) is 12.6. The van der Waals surface area contributed by atoms with Gasteiger partial charge in [0.2, 0.25) is 5.91 Å². The highest BCUT2D eigenvalue weighted by Gasteiger charge is 2.37.